The van der Waals surface area contributed by atoms with Crippen LogP contribution in [-0.4, -0.2) is 24.7 Å². The fourth-order valence-corrected chi connectivity index (χ4v) is 2.85. The normalized spacial score (nSPS) is 18.4. The number of hydrogen-bond acceptors (Lipinski definition) is 3. The maximum atomic E-state index is 6.34. The smallest absolute Gasteiger partial charge is 0.143 e. The third-order valence-corrected chi connectivity index (χ3v) is 4.53. The minimum atomic E-state index is -0.0737. The van der Waals surface area contributed by atoms with E-state index in [-0.39, 0.29) is 11.6 Å². The summed E-state index contributed by atoms with van der Waals surface area (Å²) in [4.78, 5) is 2.42. The lowest BCUT2D eigenvalue weighted by Gasteiger charge is -2.45. The molecule has 0 radical (unpaired) electrons. The lowest BCUT2D eigenvalue weighted by atomic mass is 9.93. The Morgan fingerprint density at radius 2 is 2.00 bits per heavy atom. The number of ether oxygens (including phenoxy) is 1. The maximum absolute atomic E-state index is 6.34. The molecular weight excluding hydrogens is 248 g/mol. The van der Waals surface area contributed by atoms with Crippen LogP contribution in [0.25, 0.3) is 0 Å². The molecule has 0 fully saturated rings. The molecule has 3 nitrogen and oxygen atoms in total. The predicted molar refractivity (Wildman–Crippen MR) is 85.6 cm³/mol. The molecule has 0 bridgehead atoms. The highest BCUT2D eigenvalue weighted by atomic mass is 16.5. The van der Waals surface area contributed by atoms with Crippen molar-refractivity contribution in [2.24, 2.45) is 5.73 Å². The van der Waals surface area contributed by atoms with Gasteiger partial charge in [0.15, 0.2) is 0 Å². The number of aryl methyl sites for hydroxylation is 1. The summed E-state index contributed by atoms with van der Waals surface area (Å²) in [5, 5.41) is 0. The zero-order chi connectivity index (χ0) is 14.8. The Kier molecular flexibility index (Phi) is 4.59. The van der Waals surface area contributed by atoms with Gasteiger partial charge in [-0.25, -0.2) is 0 Å². The number of hydrogen-bond donors (Lipinski definition) is 1. The first-order valence-corrected chi connectivity index (χ1v) is 7.83. The second-order valence-corrected chi connectivity index (χ2v) is 6.01. The third-order valence-electron chi connectivity index (χ3n) is 4.53. The first kappa shape index (κ1) is 15.2. The Bertz CT molecular complexity index is 454. The SMILES string of the molecule is CCC(N)CN1CC(CC)(CC)Oc2ccc(C)cc21. The van der Waals surface area contributed by atoms with Gasteiger partial charge < -0.3 is 15.4 Å². The van der Waals surface area contributed by atoms with Crippen LogP contribution >= 0.6 is 0 Å². The molecule has 0 spiro atoms. The molecule has 0 amide bonds. The van der Waals surface area contributed by atoms with Gasteiger partial charge in [0.25, 0.3) is 0 Å². The average Bonchev–Trinajstić information content (AvgIpc) is 2.47. The molecule has 1 aliphatic heterocycles. The van der Waals surface area contributed by atoms with Crippen molar-refractivity contribution >= 4 is 5.69 Å². The fourth-order valence-electron chi connectivity index (χ4n) is 2.85. The number of nitrogens with zero attached hydrogens (tertiary/aromatic N) is 1. The minimum Gasteiger partial charge on any atom is -0.483 e. The Morgan fingerprint density at radius 1 is 1.30 bits per heavy atom. The van der Waals surface area contributed by atoms with Crippen molar-refractivity contribution in [3.63, 3.8) is 0 Å². The summed E-state index contributed by atoms with van der Waals surface area (Å²) in [6.45, 7) is 10.5. The maximum Gasteiger partial charge on any atom is 0.143 e. The van der Waals surface area contributed by atoms with E-state index in [1.54, 1.807) is 0 Å². The van der Waals surface area contributed by atoms with E-state index in [1.807, 2.05) is 0 Å². The van der Waals surface area contributed by atoms with Gasteiger partial charge in [-0.2, -0.15) is 0 Å². The fraction of sp³-hybridized carbons (Fsp3) is 0.647. The number of benzene rings is 1. The summed E-state index contributed by atoms with van der Waals surface area (Å²) < 4.78 is 6.34. The molecule has 0 aliphatic carbocycles. The van der Waals surface area contributed by atoms with Crippen LogP contribution in [0, 0.1) is 6.92 Å². The van der Waals surface area contributed by atoms with E-state index in [1.165, 1.54) is 11.3 Å². The Morgan fingerprint density at radius 3 is 2.60 bits per heavy atom. The summed E-state index contributed by atoms with van der Waals surface area (Å²) in [7, 11) is 0. The molecule has 3 heteroatoms. The predicted octanol–water partition coefficient (Wildman–Crippen LogP) is 3.49. The first-order chi connectivity index (χ1) is 9.53. The molecule has 2 rings (SSSR count). The molecule has 2 N–H and O–H groups in total. The van der Waals surface area contributed by atoms with E-state index in [0.29, 0.717) is 0 Å². The highest BCUT2D eigenvalue weighted by Crippen LogP contribution is 2.40. The monoisotopic (exact) mass is 276 g/mol. The van der Waals surface area contributed by atoms with Gasteiger partial charge in [-0.15, -0.1) is 0 Å². The van der Waals surface area contributed by atoms with Crippen molar-refractivity contribution in [2.75, 3.05) is 18.0 Å². The van der Waals surface area contributed by atoms with Crippen LogP contribution in [0.2, 0.25) is 0 Å². The van der Waals surface area contributed by atoms with Crippen LogP contribution in [0.15, 0.2) is 18.2 Å². The zero-order valence-electron chi connectivity index (χ0n) is 13.3. The van der Waals surface area contributed by atoms with E-state index in [9.17, 15) is 0 Å². The van der Waals surface area contributed by atoms with Gasteiger partial charge in [-0.05, 0) is 43.9 Å². The van der Waals surface area contributed by atoms with Gasteiger partial charge in [0.05, 0.1) is 12.2 Å². The lowest BCUT2D eigenvalue weighted by molar-refractivity contribution is 0.0571. The Balaban J connectivity index is 2.36. The summed E-state index contributed by atoms with van der Waals surface area (Å²) >= 11 is 0. The second kappa shape index (κ2) is 6.04. The largest absolute Gasteiger partial charge is 0.483 e. The first-order valence-electron chi connectivity index (χ1n) is 7.83. The molecule has 20 heavy (non-hydrogen) atoms. The van der Waals surface area contributed by atoms with Gasteiger partial charge in [-0.1, -0.05) is 26.8 Å². The highest BCUT2D eigenvalue weighted by Gasteiger charge is 2.37. The Hall–Kier alpha value is -1.22. The van der Waals surface area contributed by atoms with Crippen molar-refractivity contribution in [2.45, 2.75) is 58.6 Å². The third kappa shape index (κ3) is 2.93. The van der Waals surface area contributed by atoms with Gasteiger partial charge in [0.1, 0.15) is 11.4 Å². The summed E-state index contributed by atoms with van der Waals surface area (Å²) in [5.74, 6) is 1.01. The van der Waals surface area contributed by atoms with E-state index < -0.39 is 0 Å². The topological polar surface area (TPSA) is 38.5 Å². The van der Waals surface area contributed by atoms with Crippen molar-refractivity contribution in [1.29, 1.82) is 0 Å². The molecule has 1 aromatic carbocycles. The summed E-state index contributed by atoms with van der Waals surface area (Å²) in [6.07, 6.45) is 3.05. The van der Waals surface area contributed by atoms with Crippen LogP contribution in [0.1, 0.15) is 45.6 Å². The van der Waals surface area contributed by atoms with Crippen molar-refractivity contribution in [1.82, 2.24) is 0 Å². The summed E-state index contributed by atoms with van der Waals surface area (Å²) in [6, 6.07) is 6.66. The van der Waals surface area contributed by atoms with Crippen molar-refractivity contribution < 1.29 is 4.74 Å². The highest BCUT2D eigenvalue weighted by molar-refractivity contribution is 5.62. The minimum absolute atomic E-state index is 0.0737. The van der Waals surface area contributed by atoms with Crippen LogP contribution in [0.5, 0.6) is 5.75 Å². The molecule has 112 valence electrons. The van der Waals surface area contributed by atoms with Gasteiger partial charge in [-0.3, -0.25) is 0 Å². The van der Waals surface area contributed by atoms with Crippen LogP contribution < -0.4 is 15.4 Å². The van der Waals surface area contributed by atoms with E-state index >= 15 is 0 Å². The molecule has 0 saturated carbocycles. The molecule has 1 heterocycles. The van der Waals surface area contributed by atoms with Crippen molar-refractivity contribution in [3.8, 4) is 5.75 Å². The zero-order valence-corrected chi connectivity index (χ0v) is 13.3. The van der Waals surface area contributed by atoms with Crippen LogP contribution in [-0.2, 0) is 0 Å². The van der Waals surface area contributed by atoms with E-state index in [0.717, 1.165) is 38.1 Å². The van der Waals surface area contributed by atoms with Crippen LogP contribution in [0.3, 0.4) is 0 Å². The second-order valence-electron chi connectivity index (χ2n) is 6.01. The standard InChI is InChI=1S/C17H28N2O/c1-5-14(18)11-19-12-17(6-2,7-3)20-16-9-8-13(4)10-15(16)19/h8-10,14H,5-7,11-12,18H2,1-4H3. The molecule has 0 aromatic heterocycles. The quantitative estimate of drug-likeness (QED) is 0.894. The van der Waals surface area contributed by atoms with E-state index in [4.69, 9.17) is 10.5 Å². The lowest BCUT2D eigenvalue weighted by Crippen LogP contribution is -2.53. The average molecular weight is 276 g/mol. The number of anilines is 1. The molecule has 1 aromatic rings. The van der Waals surface area contributed by atoms with Crippen LogP contribution in [0.4, 0.5) is 5.69 Å². The van der Waals surface area contributed by atoms with Gasteiger partial charge in [0.2, 0.25) is 0 Å². The molecule has 1 aliphatic rings. The number of fused-ring (bicyclic) bond motifs is 1. The van der Waals surface area contributed by atoms with Gasteiger partial charge >= 0.3 is 0 Å². The number of nitrogens with two attached hydrogens (primary N) is 1. The molecule has 1 atom stereocenters. The summed E-state index contributed by atoms with van der Waals surface area (Å²) in [5.41, 5.74) is 8.58. The molecule has 1 unspecified atom stereocenters. The Labute approximate surface area is 123 Å². The van der Waals surface area contributed by atoms with Crippen molar-refractivity contribution in [3.05, 3.63) is 23.8 Å². The molecule has 0 saturated heterocycles. The number of rotatable bonds is 5. The van der Waals surface area contributed by atoms with E-state index in [2.05, 4.69) is 50.8 Å². The van der Waals surface area contributed by atoms with Gasteiger partial charge in [0, 0.05) is 12.6 Å². The molecular formula is C17H28N2O.